The van der Waals surface area contributed by atoms with Crippen molar-refractivity contribution in [2.45, 2.75) is 37.5 Å². The van der Waals surface area contributed by atoms with Gasteiger partial charge in [0.25, 0.3) is 5.91 Å². The molecule has 1 saturated carbocycles. The van der Waals surface area contributed by atoms with Crippen molar-refractivity contribution in [1.82, 2.24) is 24.6 Å². The normalized spacial score (nSPS) is 19.6. The highest BCUT2D eigenvalue weighted by Crippen LogP contribution is 2.41. The number of hydrogen-bond donors (Lipinski definition) is 0. The Morgan fingerprint density at radius 1 is 1.23 bits per heavy atom. The van der Waals surface area contributed by atoms with Gasteiger partial charge < -0.3 is 9.47 Å². The Morgan fingerprint density at radius 3 is 2.64 bits per heavy atom. The van der Waals surface area contributed by atoms with Crippen LogP contribution in [0.4, 0.5) is 0 Å². The number of thiazole rings is 1. The third-order valence-corrected chi connectivity index (χ3v) is 5.57. The summed E-state index contributed by atoms with van der Waals surface area (Å²) >= 11 is 1.63. The molecule has 2 aliphatic rings. The maximum atomic E-state index is 12.6. The molecule has 3 heterocycles. The van der Waals surface area contributed by atoms with Crippen LogP contribution in [0, 0.1) is 0 Å². The monoisotopic (exact) mass is 317 g/mol. The third-order valence-electron chi connectivity index (χ3n) is 4.56. The van der Waals surface area contributed by atoms with Gasteiger partial charge in [-0.3, -0.25) is 4.79 Å². The smallest absolute Gasteiger partial charge is 0.273 e. The lowest BCUT2D eigenvalue weighted by Crippen LogP contribution is -2.38. The van der Waals surface area contributed by atoms with Crippen LogP contribution in [0.5, 0.6) is 0 Å². The zero-order valence-electron chi connectivity index (χ0n) is 12.6. The highest BCUT2D eigenvalue weighted by atomic mass is 32.1. The average Bonchev–Trinajstić information content (AvgIpc) is 3.12. The summed E-state index contributed by atoms with van der Waals surface area (Å²) in [4.78, 5) is 19.0. The molecule has 0 radical (unpaired) electrons. The second-order valence-electron chi connectivity index (χ2n) is 6.21. The molecule has 7 heteroatoms. The molecule has 0 unspecified atom stereocenters. The zero-order valence-corrected chi connectivity index (χ0v) is 13.4. The standard InChI is InChI=1S/C15H19N5OS/c1-19-9-16-18-13(19)10-4-6-20(7-5-10)15(21)12-8-22-14(17-12)11-2-3-11/h8-11H,2-7H2,1H3. The van der Waals surface area contributed by atoms with Crippen LogP contribution in [0.1, 0.15) is 58.8 Å². The molecule has 0 spiro atoms. The second kappa shape index (κ2) is 5.46. The Bertz CT molecular complexity index is 682. The Kier molecular flexibility index (Phi) is 3.44. The lowest BCUT2D eigenvalue weighted by Gasteiger charge is -2.31. The van der Waals surface area contributed by atoms with E-state index in [1.54, 1.807) is 17.7 Å². The Labute approximate surface area is 133 Å². The van der Waals surface area contributed by atoms with Crippen LogP contribution in [-0.2, 0) is 7.05 Å². The van der Waals surface area contributed by atoms with Crippen molar-refractivity contribution in [2.75, 3.05) is 13.1 Å². The molecule has 0 atom stereocenters. The minimum absolute atomic E-state index is 0.0829. The minimum Gasteiger partial charge on any atom is -0.337 e. The van der Waals surface area contributed by atoms with Crippen LogP contribution in [0.2, 0.25) is 0 Å². The van der Waals surface area contributed by atoms with Crippen molar-refractivity contribution in [3.8, 4) is 0 Å². The molecule has 4 rings (SSSR count). The predicted molar refractivity (Wildman–Crippen MR) is 83.0 cm³/mol. The van der Waals surface area contributed by atoms with Crippen LogP contribution < -0.4 is 0 Å². The second-order valence-corrected chi connectivity index (χ2v) is 7.10. The van der Waals surface area contributed by atoms with Crippen molar-refractivity contribution in [1.29, 1.82) is 0 Å². The van der Waals surface area contributed by atoms with Gasteiger partial charge >= 0.3 is 0 Å². The third kappa shape index (κ3) is 2.54. The number of aryl methyl sites for hydroxylation is 1. The first-order chi connectivity index (χ1) is 10.7. The summed E-state index contributed by atoms with van der Waals surface area (Å²) in [5, 5.41) is 11.2. The molecule has 1 amide bonds. The van der Waals surface area contributed by atoms with Crippen molar-refractivity contribution >= 4 is 17.2 Å². The van der Waals surface area contributed by atoms with E-state index in [2.05, 4.69) is 15.2 Å². The summed E-state index contributed by atoms with van der Waals surface area (Å²) in [6.45, 7) is 1.54. The molecule has 1 aliphatic carbocycles. The number of aromatic nitrogens is 4. The molecule has 2 aromatic rings. The number of nitrogens with zero attached hydrogens (tertiary/aromatic N) is 5. The van der Waals surface area contributed by atoms with Gasteiger partial charge in [0.2, 0.25) is 0 Å². The van der Waals surface area contributed by atoms with Crippen LogP contribution in [0.3, 0.4) is 0 Å². The van der Waals surface area contributed by atoms with Gasteiger partial charge in [-0.05, 0) is 25.7 Å². The summed E-state index contributed by atoms with van der Waals surface area (Å²) in [5.74, 6) is 2.12. The summed E-state index contributed by atoms with van der Waals surface area (Å²) in [6, 6.07) is 0. The number of piperidine rings is 1. The van der Waals surface area contributed by atoms with Gasteiger partial charge in [0.15, 0.2) is 0 Å². The SMILES string of the molecule is Cn1cnnc1C1CCN(C(=O)c2csc(C3CC3)n2)CC1. The van der Waals surface area contributed by atoms with Crippen LogP contribution in [-0.4, -0.2) is 43.6 Å². The first-order valence-electron chi connectivity index (χ1n) is 7.81. The molecular formula is C15H19N5OS. The topological polar surface area (TPSA) is 63.9 Å². The van der Waals surface area contributed by atoms with E-state index in [4.69, 9.17) is 0 Å². The van der Waals surface area contributed by atoms with Crippen LogP contribution in [0.25, 0.3) is 0 Å². The number of hydrogen-bond acceptors (Lipinski definition) is 5. The number of likely N-dealkylation sites (tertiary alicyclic amines) is 1. The Hall–Kier alpha value is -1.76. The summed E-state index contributed by atoms with van der Waals surface area (Å²) in [5.41, 5.74) is 0.629. The zero-order chi connectivity index (χ0) is 15.1. The molecule has 116 valence electrons. The molecule has 22 heavy (non-hydrogen) atoms. The van der Waals surface area contributed by atoms with E-state index in [-0.39, 0.29) is 5.91 Å². The van der Waals surface area contributed by atoms with E-state index in [1.165, 1.54) is 12.8 Å². The average molecular weight is 317 g/mol. The van der Waals surface area contributed by atoms with Gasteiger partial charge in [0.1, 0.15) is 17.8 Å². The fourth-order valence-electron chi connectivity index (χ4n) is 3.07. The van der Waals surface area contributed by atoms with Gasteiger partial charge in [0.05, 0.1) is 5.01 Å². The molecule has 0 N–H and O–H groups in total. The summed E-state index contributed by atoms with van der Waals surface area (Å²) in [6.07, 6.45) is 6.08. The molecule has 2 aromatic heterocycles. The molecule has 6 nitrogen and oxygen atoms in total. The van der Waals surface area contributed by atoms with E-state index in [9.17, 15) is 4.79 Å². The fraction of sp³-hybridized carbons (Fsp3) is 0.600. The molecule has 0 aromatic carbocycles. The highest BCUT2D eigenvalue weighted by Gasteiger charge is 2.30. The van der Waals surface area contributed by atoms with Crippen molar-refractivity contribution < 1.29 is 4.79 Å². The first-order valence-corrected chi connectivity index (χ1v) is 8.69. The van der Waals surface area contributed by atoms with Gasteiger partial charge in [-0.25, -0.2) is 4.98 Å². The maximum Gasteiger partial charge on any atom is 0.273 e. The Balaban J connectivity index is 1.40. The largest absolute Gasteiger partial charge is 0.337 e. The first kappa shape index (κ1) is 13.9. The van der Waals surface area contributed by atoms with Crippen molar-refractivity contribution in [3.05, 3.63) is 28.2 Å². The van der Waals surface area contributed by atoms with Crippen LogP contribution in [0.15, 0.2) is 11.7 Å². The predicted octanol–water partition coefficient (Wildman–Crippen LogP) is 2.17. The van der Waals surface area contributed by atoms with Gasteiger partial charge in [-0.15, -0.1) is 21.5 Å². The van der Waals surface area contributed by atoms with Crippen molar-refractivity contribution in [2.24, 2.45) is 7.05 Å². The van der Waals surface area contributed by atoms with E-state index in [1.807, 2.05) is 21.9 Å². The van der Waals surface area contributed by atoms with E-state index < -0.39 is 0 Å². The van der Waals surface area contributed by atoms with Gasteiger partial charge in [0, 0.05) is 37.4 Å². The van der Waals surface area contributed by atoms with Crippen LogP contribution >= 0.6 is 11.3 Å². The molecule has 1 aliphatic heterocycles. The fourth-order valence-corrected chi connectivity index (χ4v) is 4.03. The van der Waals surface area contributed by atoms with Gasteiger partial charge in [-0.1, -0.05) is 0 Å². The number of rotatable bonds is 3. The maximum absolute atomic E-state index is 12.6. The van der Waals surface area contributed by atoms with E-state index in [0.717, 1.165) is 36.8 Å². The number of carbonyl (C=O) groups excluding carboxylic acids is 1. The molecule has 1 saturated heterocycles. The number of amides is 1. The Morgan fingerprint density at radius 2 is 2.00 bits per heavy atom. The van der Waals surface area contributed by atoms with E-state index in [0.29, 0.717) is 17.5 Å². The van der Waals surface area contributed by atoms with E-state index >= 15 is 0 Å². The quantitative estimate of drug-likeness (QED) is 0.870. The molecule has 0 bridgehead atoms. The summed E-state index contributed by atoms with van der Waals surface area (Å²) < 4.78 is 1.98. The molecule has 2 fully saturated rings. The van der Waals surface area contributed by atoms with Gasteiger partial charge in [-0.2, -0.15) is 0 Å². The highest BCUT2D eigenvalue weighted by molar-refractivity contribution is 7.10. The lowest BCUT2D eigenvalue weighted by atomic mass is 9.96. The number of carbonyl (C=O) groups is 1. The van der Waals surface area contributed by atoms with Crippen molar-refractivity contribution in [3.63, 3.8) is 0 Å². The summed E-state index contributed by atoms with van der Waals surface area (Å²) in [7, 11) is 1.97. The minimum atomic E-state index is 0.0829. The lowest BCUT2D eigenvalue weighted by molar-refractivity contribution is 0.0705. The molecular weight excluding hydrogens is 298 g/mol.